The summed E-state index contributed by atoms with van der Waals surface area (Å²) in [5.74, 6) is -0.151. The quantitative estimate of drug-likeness (QED) is 0.761. The summed E-state index contributed by atoms with van der Waals surface area (Å²) >= 11 is 0. The number of amidine groups is 1. The monoisotopic (exact) mass is 415 g/mol. The van der Waals surface area contributed by atoms with Gasteiger partial charge in [0.2, 0.25) is 0 Å². The highest BCUT2D eigenvalue weighted by Gasteiger charge is 2.32. The van der Waals surface area contributed by atoms with Crippen molar-refractivity contribution in [1.29, 1.82) is 0 Å². The smallest absolute Gasteiger partial charge is 0.286 e. The summed E-state index contributed by atoms with van der Waals surface area (Å²) in [7, 11) is -3.86. The molecule has 2 aromatic carbocycles. The molecule has 0 aromatic heterocycles. The van der Waals surface area contributed by atoms with Crippen molar-refractivity contribution in [2.75, 3.05) is 22.9 Å². The van der Waals surface area contributed by atoms with Crippen LogP contribution in [0.1, 0.15) is 43.0 Å². The highest BCUT2D eigenvalue weighted by molar-refractivity contribution is 7.90. The Morgan fingerprint density at radius 1 is 1.14 bits per heavy atom. The van der Waals surface area contributed by atoms with Crippen LogP contribution in [-0.4, -0.2) is 33.3 Å². The number of benzene rings is 2. The van der Waals surface area contributed by atoms with Crippen LogP contribution < -0.4 is 9.80 Å². The van der Waals surface area contributed by atoms with Gasteiger partial charge in [0.1, 0.15) is 16.5 Å². The van der Waals surface area contributed by atoms with Crippen LogP contribution in [0.25, 0.3) is 0 Å². The fourth-order valence-corrected chi connectivity index (χ4v) is 5.12. The zero-order valence-corrected chi connectivity index (χ0v) is 17.0. The lowest BCUT2D eigenvalue weighted by Crippen LogP contribution is -2.36. The molecule has 0 saturated carbocycles. The van der Waals surface area contributed by atoms with E-state index in [0.29, 0.717) is 36.7 Å². The summed E-state index contributed by atoms with van der Waals surface area (Å²) in [4.78, 5) is 16.6. The second kappa shape index (κ2) is 7.59. The SMILES string of the molecule is CCN(C(=O)c1ccc2c(c1)S(=O)(=O)N=C1CCCCCN12)c1ccc(F)cc1. The minimum Gasteiger partial charge on any atom is -0.328 e. The van der Waals surface area contributed by atoms with Gasteiger partial charge in [-0.05, 0) is 62.2 Å². The Morgan fingerprint density at radius 3 is 2.62 bits per heavy atom. The number of carbonyl (C=O) groups excluding carboxylic acids is 1. The molecule has 152 valence electrons. The highest BCUT2D eigenvalue weighted by atomic mass is 32.2. The van der Waals surface area contributed by atoms with Crippen LogP contribution in [0.5, 0.6) is 0 Å². The number of rotatable bonds is 3. The van der Waals surface area contributed by atoms with Crippen LogP contribution in [0.3, 0.4) is 0 Å². The van der Waals surface area contributed by atoms with E-state index in [2.05, 4.69) is 4.40 Å². The molecule has 0 unspecified atom stereocenters. The summed E-state index contributed by atoms with van der Waals surface area (Å²) in [6.45, 7) is 2.89. The van der Waals surface area contributed by atoms with E-state index in [1.165, 1.54) is 35.2 Å². The first-order valence-electron chi connectivity index (χ1n) is 9.73. The summed E-state index contributed by atoms with van der Waals surface area (Å²) in [5.41, 5.74) is 1.39. The zero-order chi connectivity index (χ0) is 20.6. The average molecular weight is 415 g/mol. The van der Waals surface area contributed by atoms with Gasteiger partial charge in [0.15, 0.2) is 0 Å². The van der Waals surface area contributed by atoms with E-state index in [1.54, 1.807) is 12.1 Å². The highest BCUT2D eigenvalue weighted by Crippen LogP contribution is 2.35. The van der Waals surface area contributed by atoms with E-state index >= 15 is 0 Å². The second-order valence-electron chi connectivity index (χ2n) is 7.15. The molecule has 29 heavy (non-hydrogen) atoms. The van der Waals surface area contributed by atoms with E-state index < -0.39 is 10.0 Å². The molecular formula is C21H22FN3O3S. The molecule has 2 aliphatic heterocycles. The van der Waals surface area contributed by atoms with Gasteiger partial charge < -0.3 is 9.80 Å². The van der Waals surface area contributed by atoms with Gasteiger partial charge >= 0.3 is 0 Å². The van der Waals surface area contributed by atoms with Gasteiger partial charge in [-0.2, -0.15) is 8.42 Å². The Morgan fingerprint density at radius 2 is 1.90 bits per heavy atom. The number of halogens is 1. The van der Waals surface area contributed by atoms with Crippen molar-refractivity contribution in [3.8, 4) is 0 Å². The van der Waals surface area contributed by atoms with Crippen LogP contribution in [0.4, 0.5) is 15.8 Å². The molecule has 0 aliphatic carbocycles. The maximum absolute atomic E-state index is 13.2. The van der Waals surface area contributed by atoms with Crippen molar-refractivity contribution in [3.63, 3.8) is 0 Å². The summed E-state index contributed by atoms with van der Waals surface area (Å²) in [6, 6.07) is 10.4. The normalized spacial score (nSPS) is 17.6. The Kier molecular flexibility index (Phi) is 5.12. The summed E-state index contributed by atoms with van der Waals surface area (Å²) < 4.78 is 42.8. The molecule has 2 aliphatic rings. The van der Waals surface area contributed by atoms with Gasteiger partial charge in [0, 0.05) is 30.8 Å². The van der Waals surface area contributed by atoms with E-state index in [9.17, 15) is 17.6 Å². The largest absolute Gasteiger partial charge is 0.328 e. The Bertz CT molecular complexity index is 1080. The Balaban J connectivity index is 1.73. The van der Waals surface area contributed by atoms with E-state index in [4.69, 9.17) is 0 Å². The lowest BCUT2D eigenvalue weighted by atomic mass is 10.1. The molecule has 0 N–H and O–H groups in total. The van der Waals surface area contributed by atoms with E-state index in [-0.39, 0.29) is 22.2 Å². The van der Waals surface area contributed by atoms with Crippen LogP contribution in [0.15, 0.2) is 51.8 Å². The maximum Gasteiger partial charge on any atom is 0.286 e. The van der Waals surface area contributed by atoms with Crippen LogP contribution in [0.2, 0.25) is 0 Å². The van der Waals surface area contributed by atoms with Crippen molar-refractivity contribution in [2.45, 2.75) is 37.5 Å². The van der Waals surface area contributed by atoms with Crippen molar-refractivity contribution in [2.24, 2.45) is 4.40 Å². The molecule has 6 nitrogen and oxygen atoms in total. The number of anilines is 2. The Labute approximate surface area is 169 Å². The molecule has 0 radical (unpaired) electrons. The first kappa shape index (κ1) is 19.6. The summed E-state index contributed by atoms with van der Waals surface area (Å²) in [5, 5.41) is 0. The summed E-state index contributed by atoms with van der Waals surface area (Å²) in [6.07, 6.45) is 3.55. The minimum absolute atomic E-state index is 0.0594. The van der Waals surface area contributed by atoms with Gasteiger partial charge in [0.05, 0.1) is 5.69 Å². The second-order valence-corrected chi connectivity index (χ2v) is 8.73. The first-order valence-corrected chi connectivity index (χ1v) is 11.2. The fourth-order valence-electron chi connectivity index (χ4n) is 3.83. The van der Waals surface area contributed by atoms with Gasteiger partial charge in [-0.3, -0.25) is 4.79 Å². The fraction of sp³-hybridized carbons (Fsp3) is 0.333. The molecular weight excluding hydrogens is 393 g/mol. The number of sulfonamides is 1. The topological polar surface area (TPSA) is 70.0 Å². The third kappa shape index (κ3) is 3.64. The van der Waals surface area contributed by atoms with Gasteiger partial charge in [-0.25, -0.2) is 4.39 Å². The zero-order valence-electron chi connectivity index (χ0n) is 16.1. The molecule has 4 rings (SSSR count). The van der Waals surface area contributed by atoms with Gasteiger partial charge in [-0.15, -0.1) is 4.40 Å². The van der Waals surface area contributed by atoms with Crippen molar-refractivity contribution in [1.82, 2.24) is 0 Å². The van der Waals surface area contributed by atoms with Crippen molar-refractivity contribution >= 4 is 33.1 Å². The average Bonchev–Trinajstić information content (AvgIpc) is 2.94. The van der Waals surface area contributed by atoms with Crippen LogP contribution in [-0.2, 0) is 10.0 Å². The van der Waals surface area contributed by atoms with E-state index in [1.807, 2.05) is 11.8 Å². The van der Waals surface area contributed by atoms with Crippen LogP contribution in [0, 0.1) is 5.82 Å². The first-order chi connectivity index (χ1) is 13.9. The molecule has 0 spiro atoms. The van der Waals surface area contributed by atoms with E-state index in [0.717, 1.165) is 19.3 Å². The molecule has 1 amide bonds. The third-order valence-electron chi connectivity index (χ3n) is 5.29. The predicted molar refractivity (Wildman–Crippen MR) is 111 cm³/mol. The van der Waals surface area contributed by atoms with Crippen molar-refractivity contribution < 1.29 is 17.6 Å². The molecule has 0 bridgehead atoms. The van der Waals surface area contributed by atoms with Gasteiger partial charge in [-0.1, -0.05) is 6.42 Å². The molecule has 2 heterocycles. The minimum atomic E-state index is -3.86. The maximum atomic E-state index is 13.2. The number of nitrogens with zero attached hydrogens (tertiary/aromatic N) is 3. The molecule has 1 saturated heterocycles. The number of fused-ring (bicyclic) bond motifs is 3. The standard InChI is InChI=1S/C21H22FN3O3S/c1-2-24(17-10-8-16(22)9-11-17)21(26)15-7-12-18-19(14-15)29(27,28)23-20-6-4-3-5-13-25(18)20/h7-12,14H,2-6,13H2,1H3. The lowest BCUT2D eigenvalue weighted by molar-refractivity contribution is 0.0988. The molecule has 0 atom stereocenters. The lowest BCUT2D eigenvalue weighted by Gasteiger charge is -2.30. The number of hydrogen-bond acceptors (Lipinski definition) is 4. The number of carbonyl (C=O) groups is 1. The van der Waals surface area contributed by atoms with Crippen LogP contribution >= 0.6 is 0 Å². The Hall–Kier alpha value is -2.74. The van der Waals surface area contributed by atoms with Gasteiger partial charge in [0.25, 0.3) is 15.9 Å². The third-order valence-corrected chi connectivity index (χ3v) is 6.63. The number of amides is 1. The molecule has 2 aromatic rings. The molecule has 1 fully saturated rings. The number of hydrogen-bond donors (Lipinski definition) is 0. The van der Waals surface area contributed by atoms with Crippen molar-refractivity contribution in [3.05, 3.63) is 53.8 Å². The predicted octanol–water partition coefficient (Wildman–Crippen LogP) is 3.97. The molecule has 8 heteroatoms.